The van der Waals surface area contributed by atoms with Gasteiger partial charge in [-0.05, 0) is 24.7 Å². The first-order valence-electron chi connectivity index (χ1n) is 17.8. The third-order valence-corrected chi connectivity index (χ3v) is 8.96. The predicted octanol–water partition coefficient (Wildman–Crippen LogP) is 13.1. The number of aliphatic carboxylic acids is 1. The fraction of sp³-hybridized carbons (Fsp3) is 0.972. The van der Waals surface area contributed by atoms with Gasteiger partial charge in [-0.2, -0.15) is 0 Å². The van der Waals surface area contributed by atoms with E-state index in [1.807, 2.05) is 0 Å². The summed E-state index contributed by atoms with van der Waals surface area (Å²) in [6.07, 6.45) is 40.3. The molecule has 0 saturated heterocycles. The Morgan fingerprint density at radius 1 is 0.447 bits per heavy atom. The van der Waals surface area contributed by atoms with Crippen LogP contribution in [-0.2, 0) is 4.79 Å². The molecule has 0 aromatic carbocycles. The van der Waals surface area contributed by atoms with Gasteiger partial charge >= 0.3 is 5.97 Å². The Bertz CT molecular complexity index is 460. The highest BCUT2D eigenvalue weighted by Gasteiger charge is 2.17. The lowest BCUT2D eigenvalue weighted by molar-refractivity contribution is -0.137. The quantitative estimate of drug-likeness (QED) is 0.0868. The van der Waals surface area contributed by atoms with E-state index >= 15 is 0 Å². The van der Waals surface area contributed by atoms with Gasteiger partial charge in [-0.25, -0.2) is 0 Å². The van der Waals surface area contributed by atoms with Gasteiger partial charge in [0, 0.05) is 6.42 Å². The average Bonchev–Trinajstić information content (AvgIpc) is 2.90. The summed E-state index contributed by atoms with van der Waals surface area (Å²) in [4.78, 5) is 11.0. The lowest BCUT2D eigenvalue weighted by Gasteiger charge is -2.24. The zero-order valence-corrected chi connectivity index (χ0v) is 26.7. The van der Waals surface area contributed by atoms with E-state index in [0.717, 1.165) is 24.7 Å². The molecule has 0 amide bonds. The summed E-state index contributed by atoms with van der Waals surface area (Å²) in [5.41, 5.74) is 0. The summed E-state index contributed by atoms with van der Waals surface area (Å²) in [5, 5.41) is 9.09. The van der Waals surface area contributed by atoms with Gasteiger partial charge in [0.05, 0.1) is 0 Å². The van der Waals surface area contributed by atoms with Gasteiger partial charge in [0.25, 0.3) is 0 Å². The van der Waals surface area contributed by atoms with Gasteiger partial charge in [0.1, 0.15) is 0 Å². The predicted molar refractivity (Wildman–Crippen MR) is 170 cm³/mol. The van der Waals surface area contributed by atoms with Crippen molar-refractivity contribution < 1.29 is 9.90 Å². The number of carboxylic acid groups (broad SMARTS) is 1. The Morgan fingerprint density at radius 3 is 1.08 bits per heavy atom. The van der Waals surface area contributed by atoms with E-state index in [9.17, 15) is 4.79 Å². The van der Waals surface area contributed by atoms with Crippen LogP contribution in [0.5, 0.6) is 0 Å². The van der Waals surface area contributed by atoms with Crippen molar-refractivity contribution in [3.05, 3.63) is 0 Å². The van der Waals surface area contributed by atoms with Crippen LogP contribution in [0.15, 0.2) is 0 Å². The molecule has 2 heteroatoms. The van der Waals surface area contributed by atoms with Crippen LogP contribution in [0.3, 0.4) is 0 Å². The molecule has 1 N–H and O–H groups in total. The molecule has 0 aromatic rings. The molecule has 0 aliphatic heterocycles. The van der Waals surface area contributed by atoms with Gasteiger partial charge in [-0.3, -0.25) is 4.79 Å². The lowest BCUT2D eigenvalue weighted by atomic mass is 9.82. The minimum absolute atomic E-state index is 0.348. The van der Waals surface area contributed by atoms with E-state index in [1.54, 1.807) is 0 Å². The molecule has 0 aliphatic rings. The molecule has 2 atom stereocenters. The van der Waals surface area contributed by atoms with Gasteiger partial charge < -0.3 is 5.11 Å². The lowest BCUT2D eigenvalue weighted by Crippen LogP contribution is -2.13. The third kappa shape index (κ3) is 28.5. The molecule has 0 fully saturated rings. The second kappa shape index (κ2) is 31.0. The summed E-state index contributed by atoms with van der Waals surface area (Å²) in [7, 11) is 0. The standard InChI is InChI=1S/C36H72O2/c1-4-6-8-10-12-14-16-17-18-20-21-23-25-27-30-34(3)35(32-29-33-36(37)38)31-28-26-24-22-19-15-13-11-9-7-5-2/h34-35H,4-33H2,1-3H3,(H,37,38). The fourth-order valence-corrected chi connectivity index (χ4v) is 6.20. The average molecular weight is 537 g/mol. The molecule has 0 saturated carbocycles. The molecule has 38 heavy (non-hydrogen) atoms. The van der Waals surface area contributed by atoms with Gasteiger partial charge in [0.15, 0.2) is 0 Å². The molecule has 2 nitrogen and oxygen atoms in total. The number of hydrogen-bond acceptors (Lipinski definition) is 1. The van der Waals surface area contributed by atoms with E-state index in [1.165, 1.54) is 173 Å². The number of carbonyl (C=O) groups is 1. The van der Waals surface area contributed by atoms with Crippen molar-refractivity contribution >= 4 is 5.97 Å². The largest absolute Gasteiger partial charge is 0.481 e. The maximum absolute atomic E-state index is 11.0. The van der Waals surface area contributed by atoms with Gasteiger partial charge in [-0.1, -0.05) is 194 Å². The van der Waals surface area contributed by atoms with Gasteiger partial charge in [-0.15, -0.1) is 0 Å². The van der Waals surface area contributed by atoms with Crippen molar-refractivity contribution in [3.8, 4) is 0 Å². The molecule has 0 aliphatic carbocycles. The first kappa shape index (κ1) is 37.5. The highest BCUT2D eigenvalue weighted by Crippen LogP contribution is 2.29. The molecular formula is C36H72O2. The molecule has 0 bridgehead atoms. The Kier molecular flexibility index (Phi) is 30.6. The van der Waals surface area contributed by atoms with Crippen molar-refractivity contribution in [1.82, 2.24) is 0 Å². The first-order valence-corrected chi connectivity index (χ1v) is 17.8. The van der Waals surface area contributed by atoms with Crippen LogP contribution < -0.4 is 0 Å². The zero-order valence-electron chi connectivity index (χ0n) is 26.7. The van der Waals surface area contributed by atoms with Crippen molar-refractivity contribution in [2.75, 3.05) is 0 Å². The Labute approximate surface area is 240 Å². The third-order valence-electron chi connectivity index (χ3n) is 8.96. The molecule has 2 unspecified atom stereocenters. The van der Waals surface area contributed by atoms with E-state index in [-0.39, 0.29) is 0 Å². The summed E-state index contributed by atoms with van der Waals surface area (Å²) in [6.45, 7) is 7.03. The molecule has 0 heterocycles. The molecule has 0 aromatic heterocycles. The normalized spacial score (nSPS) is 13.1. The molecule has 228 valence electrons. The summed E-state index contributed by atoms with van der Waals surface area (Å²) >= 11 is 0. The Morgan fingerprint density at radius 2 is 0.737 bits per heavy atom. The van der Waals surface area contributed by atoms with Gasteiger partial charge in [0.2, 0.25) is 0 Å². The van der Waals surface area contributed by atoms with Crippen LogP contribution >= 0.6 is 0 Å². The summed E-state index contributed by atoms with van der Waals surface area (Å²) in [5.74, 6) is 0.859. The van der Waals surface area contributed by atoms with Crippen LogP contribution in [0, 0.1) is 11.8 Å². The van der Waals surface area contributed by atoms with Crippen molar-refractivity contribution in [2.24, 2.45) is 11.8 Å². The van der Waals surface area contributed by atoms with Crippen molar-refractivity contribution in [1.29, 1.82) is 0 Å². The molecule has 0 spiro atoms. The highest BCUT2D eigenvalue weighted by molar-refractivity contribution is 5.66. The maximum Gasteiger partial charge on any atom is 0.303 e. The Balaban J connectivity index is 3.81. The number of unbranched alkanes of at least 4 members (excludes halogenated alkanes) is 23. The van der Waals surface area contributed by atoms with Crippen LogP contribution in [0.4, 0.5) is 0 Å². The smallest absolute Gasteiger partial charge is 0.303 e. The van der Waals surface area contributed by atoms with Crippen molar-refractivity contribution in [3.63, 3.8) is 0 Å². The maximum atomic E-state index is 11.0. The second-order valence-electron chi connectivity index (χ2n) is 12.7. The Hall–Kier alpha value is -0.530. The minimum atomic E-state index is -0.627. The van der Waals surface area contributed by atoms with E-state index in [2.05, 4.69) is 20.8 Å². The molecule has 0 radical (unpaired) electrons. The molecular weight excluding hydrogens is 464 g/mol. The SMILES string of the molecule is CCCCCCCCCCCCCCCCC(C)C(CCCCCCCCCCCCC)CCCC(=O)O. The summed E-state index contributed by atoms with van der Waals surface area (Å²) < 4.78 is 0. The minimum Gasteiger partial charge on any atom is -0.481 e. The van der Waals surface area contributed by atoms with E-state index < -0.39 is 5.97 Å². The second-order valence-corrected chi connectivity index (χ2v) is 12.7. The van der Waals surface area contributed by atoms with Crippen LogP contribution in [-0.4, -0.2) is 11.1 Å². The van der Waals surface area contributed by atoms with Crippen LogP contribution in [0.2, 0.25) is 0 Å². The molecule has 0 rings (SSSR count). The number of hydrogen-bond donors (Lipinski definition) is 1. The van der Waals surface area contributed by atoms with Crippen LogP contribution in [0.1, 0.15) is 213 Å². The van der Waals surface area contributed by atoms with Crippen LogP contribution in [0.25, 0.3) is 0 Å². The number of carboxylic acids is 1. The highest BCUT2D eigenvalue weighted by atomic mass is 16.4. The van der Waals surface area contributed by atoms with E-state index in [0.29, 0.717) is 6.42 Å². The topological polar surface area (TPSA) is 37.3 Å². The fourth-order valence-electron chi connectivity index (χ4n) is 6.20. The number of rotatable bonds is 32. The monoisotopic (exact) mass is 537 g/mol. The zero-order chi connectivity index (χ0) is 27.9. The first-order chi connectivity index (χ1) is 18.6. The van der Waals surface area contributed by atoms with Crippen molar-refractivity contribution in [2.45, 2.75) is 213 Å². The summed E-state index contributed by atoms with van der Waals surface area (Å²) in [6, 6.07) is 0. The van der Waals surface area contributed by atoms with E-state index in [4.69, 9.17) is 5.11 Å².